The second-order valence-corrected chi connectivity index (χ2v) is 10.2. The number of rotatable bonds is 6. The summed E-state index contributed by atoms with van der Waals surface area (Å²) in [7, 11) is 0. The van der Waals surface area contributed by atoms with E-state index in [1.165, 1.54) is 0 Å². The van der Waals surface area contributed by atoms with Crippen molar-refractivity contribution in [3.63, 3.8) is 0 Å². The van der Waals surface area contributed by atoms with Crippen molar-refractivity contribution in [1.82, 2.24) is 10.2 Å². The fourth-order valence-corrected chi connectivity index (χ4v) is 4.85. The molecule has 35 heavy (non-hydrogen) atoms. The number of nitrogens with zero attached hydrogens (tertiary/aromatic N) is 1. The summed E-state index contributed by atoms with van der Waals surface area (Å²) in [5.74, 6) is -1.29. The van der Waals surface area contributed by atoms with Crippen LogP contribution in [0.2, 0.25) is 0 Å². The molecule has 2 atom stereocenters. The van der Waals surface area contributed by atoms with Crippen LogP contribution in [0.5, 0.6) is 0 Å². The number of nitrogens with one attached hydrogen (secondary N) is 1. The van der Waals surface area contributed by atoms with E-state index in [9.17, 15) is 19.5 Å². The van der Waals surface area contributed by atoms with Crippen molar-refractivity contribution in [2.24, 2.45) is 5.92 Å². The van der Waals surface area contributed by atoms with Crippen molar-refractivity contribution in [3.8, 4) is 11.1 Å². The summed E-state index contributed by atoms with van der Waals surface area (Å²) in [6, 6.07) is 14.9. The average Bonchev–Trinajstić information content (AvgIpc) is 3.39. The third-order valence-corrected chi connectivity index (χ3v) is 6.44. The molecule has 1 heterocycles. The van der Waals surface area contributed by atoms with Gasteiger partial charge in [-0.2, -0.15) is 0 Å². The van der Waals surface area contributed by atoms with E-state index in [2.05, 4.69) is 17.4 Å². The number of hydrogen-bond acceptors (Lipinski definition) is 5. The Bertz CT molecular complexity index is 1060. The van der Waals surface area contributed by atoms with Gasteiger partial charge in [-0.05, 0) is 61.8 Å². The molecule has 2 aromatic carbocycles. The Morgan fingerprint density at radius 1 is 1.06 bits per heavy atom. The van der Waals surface area contributed by atoms with Crippen molar-refractivity contribution >= 4 is 18.2 Å². The topological polar surface area (TPSA) is 105 Å². The van der Waals surface area contributed by atoms with E-state index < -0.39 is 29.8 Å². The molecule has 0 unspecified atom stereocenters. The Hall–Kier alpha value is -3.55. The van der Waals surface area contributed by atoms with E-state index in [1.807, 2.05) is 36.4 Å². The summed E-state index contributed by atoms with van der Waals surface area (Å²) in [6.07, 6.45) is -0.313. The van der Waals surface area contributed by atoms with Crippen LogP contribution in [0, 0.1) is 5.92 Å². The molecule has 0 bridgehead atoms. The van der Waals surface area contributed by atoms with Gasteiger partial charge < -0.3 is 24.8 Å². The molecule has 2 amide bonds. The molecule has 4 rings (SSSR count). The van der Waals surface area contributed by atoms with E-state index in [0.29, 0.717) is 19.5 Å². The molecule has 2 aromatic rings. The van der Waals surface area contributed by atoms with Crippen LogP contribution in [-0.2, 0) is 14.3 Å². The van der Waals surface area contributed by atoms with E-state index in [4.69, 9.17) is 9.47 Å². The molecule has 8 nitrogen and oxygen atoms in total. The maximum absolute atomic E-state index is 12.6. The molecule has 2 N–H and O–H groups in total. The molecule has 1 aliphatic carbocycles. The zero-order valence-electron chi connectivity index (χ0n) is 20.3. The maximum atomic E-state index is 12.6. The summed E-state index contributed by atoms with van der Waals surface area (Å²) in [4.78, 5) is 38.3. The lowest BCUT2D eigenvalue weighted by Crippen LogP contribution is -2.43. The average molecular weight is 481 g/mol. The van der Waals surface area contributed by atoms with Gasteiger partial charge in [0.05, 0.1) is 0 Å². The van der Waals surface area contributed by atoms with Crippen molar-refractivity contribution in [3.05, 3.63) is 59.7 Å². The molecule has 1 fully saturated rings. The predicted molar refractivity (Wildman–Crippen MR) is 130 cm³/mol. The Balaban J connectivity index is 1.32. The van der Waals surface area contributed by atoms with Crippen LogP contribution in [0.25, 0.3) is 11.1 Å². The summed E-state index contributed by atoms with van der Waals surface area (Å²) < 4.78 is 10.9. The molecule has 0 radical (unpaired) electrons. The number of carbonyl (C=O) groups excluding carboxylic acids is 2. The molecule has 0 spiro atoms. The molecular weight excluding hydrogens is 448 g/mol. The summed E-state index contributed by atoms with van der Waals surface area (Å²) in [5.41, 5.74) is 3.83. The van der Waals surface area contributed by atoms with Crippen LogP contribution in [-0.4, -0.2) is 59.5 Å². The highest BCUT2D eigenvalue weighted by Gasteiger charge is 2.34. The minimum absolute atomic E-state index is 0.0579. The molecule has 1 aliphatic heterocycles. The molecule has 186 valence electrons. The number of fused-ring (bicyclic) bond motifs is 3. The van der Waals surface area contributed by atoms with Gasteiger partial charge in [-0.25, -0.2) is 14.4 Å². The number of ether oxygens (including phenoxy) is 2. The third-order valence-electron chi connectivity index (χ3n) is 6.44. The lowest BCUT2D eigenvalue weighted by molar-refractivity contribution is -0.139. The number of likely N-dealkylation sites (tertiary alicyclic amines) is 1. The van der Waals surface area contributed by atoms with E-state index in [1.54, 1.807) is 25.7 Å². The monoisotopic (exact) mass is 480 g/mol. The van der Waals surface area contributed by atoms with Gasteiger partial charge in [-0.3, -0.25) is 0 Å². The summed E-state index contributed by atoms with van der Waals surface area (Å²) >= 11 is 0. The summed E-state index contributed by atoms with van der Waals surface area (Å²) in [5, 5.41) is 12.2. The maximum Gasteiger partial charge on any atom is 0.410 e. The predicted octanol–water partition coefficient (Wildman–Crippen LogP) is 4.63. The van der Waals surface area contributed by atoms with E-state index in [-0.39, 0.29) is 24.9 Å². The molecule has 0 saturated carbocycles. The van der Waals surface area contributed by atoms with Gasteiger partial charge in [0, 0.05) is 19.0 Å². The molecule has 8 heteroatoms. The number of aliphatic carboxylic acids is 1. The lowest BCUT2D eigenvalue weighted by atomic mass is 9.98. The minimum atomic E-state index is -1.13. The smallest absolute Gasteiger partial charge is 0.410 e. The Labute approximate surface area is 205 Å². The summed E-state index contributed by atoms with van der Waals surface area (Å²) in [6.45, 7) is 6.41. The first-order valence-electron chi connectivity index (χ1n) is 11.9. The first-order valence-corrected chi connectivity index (χ1v) is 11.9. The SMILES string of the molecule is CC(C)(C)OC(=O)N1CC[C@@H](C[C@H](NC(=O)OCC2c3ccccc3-c3ccccc32)C(=O)O)C1. The Kier molecular flexibility index (Phi) is 7.00. The minimum Gasteiger partial charge on any atom is -0.480 e. The number of amides is 2. The molecule has 0 aromatic heterocycles. The molecule has 1 saturated heterocycles. The second kappa shape index (κ2) is 9.98. The number of carboxylic acids is 1. The van der Waals surface area contributed by atoms with Crippen LogP contribution in [0.4, 0.5) is 9.59 Å². The first kappa shape index (κ1) is 24.6. The van der Waals surface area contributed by atoms with Crippen LogP contribution in [0.3, 0.4) is 0 Å². The van der Waals surface area contributed by atoms with Gasteiger partial charge in [0.15, 0.2) is 0 Å². The van der Waals surface area contributed by atoms with Crippen molar-refractivity contribution in [1.29, 1.82) is 0 Å². The number of hydrogen-bond donors (Lipinski definition) is 2. The standard InChI is InChI=1S/C27H32N2O6/c1-27(2,3)35-26(33)29-13-12-17(15-29)14-23(24(30)31)28-25(32)34-16-22-20-10-6-4-8-18(20)19-9-5-7-11-21(19)22/h4-11,17,22-23H,12-16H2,1-3H3,(H,28,32)(H,30,31)/t17-,23-/m0/s1. The van der Waals surface area contributed by atoms with Crippen LogP contribution >= 0.6 is 0 Å². The highest BCUT2D eigenvalue weighted by atomic mass is 16.6. The quantitative estimate of drug-likeness (QED) is 0.625. The van der Waals surface area contributed by atoms with Crippen LogP contribution in [0.15, 0.2) is 48.5 Å². The van der Waals surface area contributed by atoms with Crippen molar-refractivity contribution < 1.29 is 29.0 Å². The number of alkyl carbamates (subject to hydrolysis) is 1. The zero-order chi connectivity index (χ0) is 25.2. The van der Waals surface area contributed by atoms with Gasteiger partial charge in [-0.15, -0.1) is 0 Å². The van der Waals surface area contributed by atoms with Gasteiger partial charge in [0.25, 0.3) is 0 Å². The van der Waals surface area contributed by atoms with Crippen molar-refractivity contribution in [2.75, 3.05) is 19.7 Å². The number of carbonyl (C=O) groups is 3. The fourth-order valence-electron chi connectivity index (χ4n) is 4.85. The Morgan fingerprint density at radius 3 is 2.23 bits per heavy atom. The highest BCUT2D eigenvalue weighted by Crippen LogP contribution is 2.44. The number of carboxylic acid groups (broad SMARTS) is 1. The zero-order valence-corrected chi connectivity index (χ0v) is 20.3. The van der Waals surface area contributed by atoms with Crippen LogP contribution in [0.1, 0.15) is 50.7 Å². The van der Waals surface area contributed by atoms with Gasteiger partial charge in [0.2, 0.25) is 0 Å². The highest BCUT2D eigenvalue weighted by molar-refractivity contribution is 5.81. The normalized spacial score (nSPS) is 17.9. The first-order chi connectivity index (χ1) is 16.6. The third kappa shape index (κ3) is 5.75. The lowest BCUT2D eigenvalue weighted by Gasteiger charge is -2.24. The largest absolute Gasteiger partial charge is 0.480 e. The fraction of sp³-hybridized carbons (Fsp3) is 0.444. The van der Waals surface area contributed by atoms with E-state index >= 15 is 0 Å². The van der Waals surface area contributed by atoms with Gasteiger partial charge >= 0.3 is 18.2 Å². The second-order valence-electron chi connectivity index (χ2n) is 10.2. The van der Waals surface area contributed by atoms with Gasteiger partial charge in [-0.1, -0.05) is 48.5 Å². The number of benzene rings is 2. The van der Waals surface area contributed by atoms with Crippen LogP contribution < -0.4 is 5.32 Å². The molecule has 2 aliphatic rings. The Morgan fingerprint density at radius 2 is 1.66 bits per heavy atom. The van der Waals surface area contributed by atoms with E-state index in [0.717, 1.165) is 22.3 Å². The van der Waals surface area contributed by atoms with Crippen molar-refractivity contribution in [2.45, 2.75) is 51.2 Å². The molecular formula is C27H32N2O6. The van der Waals surface area contributed by atoms with Gasteiger partial charge in [0.1, 0.15) is 18.2 Å².